The van der Waals surface area contributed by atoms with Gasteiger partial charge in [0.1, 0.15) is 5.75 Å². The second kappa shape index (κ2) is 8.43. The van der Waals surface area contributed by atoms with Crippen LogP contribution in [0.3, 0.4) is 0 Å². The third-order valence-corrected chi connectivity index (χ3v) is 5.49. The number of H-pyrrole nitrogens is 1. The van der Waals surface area contributed by atoms with Crippen molar-refractivity contribution in [2.75, 3.05) is 13.7 Å². The Morgan fingerprint density at radius 3 is 2.86 bits per heavy atom. The van der Waals surface area contributed by atoms with Crippen LogP contribution in [0.1, 0.15) is 36.8 Å². The van der Waals surface area contributed by atoms with E-state index in [-0.39, 0.29) is 12.5 Å². The molecule has 1 N–H and O–H groups in total. The Hall–Kier alpha value is -2.21. The van der Waals surface area contributed by atoms with Gasteiger partial charge >= 0.3 is 6.18 Å². The zero-order chi connectivity index (χ0) is 20.3. The number of hydrogen-bond donors (Lipinski definition) is 1. The highest BCUT2D eigenvalue weighted by Crippen LogP contribution is 2.34. The number of nitrogens with one attached hydrogen (secondary N) is 1. The van der Waals surface area contributed by atoms with Gasteiger partial charge in [-0.25, -0.2) is 0 Å². The van der Waals surface area contributed by atoms with E-state index in [1.807, 2.05) is 31.3 Å². The highest BCUT2D eigenvalue weighted by atomic mass is 19.4. The van der Waals surface area contributed by atoms with Gasteiger partial charge in [0, 0.05) is 48.2 Å². The number of aryl methyl sites for hydroxylation is 1. The molecule has 3 nitrogen and oxygen atoms in total. The molecule has 2 aromatic rings. The molecule has 3 rings (SSSR count). The molecule has 6 heteroatoms. The number of fused-ring (bicyclic) bond motifs is 1. The minimum atomic E-state index is -4.11. The van der Waals surface area contributed by atoms with Crippen LogP contribution in [-0.2, 0) is 6.54 Å². The molecule has 0 amide bonds. The molecule has 1 aliphatic rings. The monoisotopic (exact) mass is 392 g/mol. The van der Waals surface area contributed by atoms with Gasteiger partial charge in [-0.05, 0) is 43.9 Å². The topological polar surface area (TPSA) is 28.3 Å². The van der Waals surface area contributed by atoms with Crippen molar-refractivity contribution in [3.05, 3.63) is 53.8 Å². The Morgan fingerprint density at radius 2 is 2.18 bits per heavy atom. The molecule has 1 atom stereocenters. The molecule has 1 aliphatic heterocycles. The molecule has 0 aliphatic carbocycles. The van der Waals surface area contributed by atoms with E-state index in [0.29, 0.717) is 19.5 Å². The summed E-state index contributed by atoms with van der Waals surface area (Å²) in [5, 5.41) is 1.13. The van der Waals surface area contributed by atoms with Crippen molar-refractivity contribution in [2.24, 2.45) is 0 Å². The zero-order valence-electron chi connectivity index (χ0n) is 16.4. The summed E-state index contributed by atoms with van der Waals surface area (Å²) in [6, 6.07) is 4.23. The Balaban J connectivity index is 1.84. The van der Waals surface area contributed by atoms with Crippen molar-refractivity contribution >= 4 is 10.9 Å². The predicted octanol–water partition coefficient (Wildman–Crippen LogP) is 5.90. The van der Waals surface area contributed by atoms with Crippen molar-refractivity contribution in [1.82, 2.24) is 9.88 Å². The van der Waals surface area contributed by atoms with E-state index in [2.05, 4.69) is 22.5 Å². The van der Waals surface area contributed by atoms with Gasteiger partial charge in [-0.1, -0.05) is 17.7 Å². The second-order valence-electron chi connectivity index (χ2n) is 7.43. The molecule has 0 radical (unpaired) electrons. The summed E-state index contributed by atoms with van der Waals surface area (Å²) in [5.74, 6) is 0.841. The molecule has 28 heavy (non-hydrogen) atoms. The van der Waals surface area contributed by atoms with Gasteiger partial charge in [-0.2, -0.15) is 13.2 Å². The summed E-state index contributed by atoms with van der Waals surface area (Å²) in [6.07, 6.45) is 2.34. The molecule has 0 spiro atoms. The molecule has 152 valence electrons. The number of methoxy groups -OCH3 is 1. The summed E-state index contributed by atoms with van der Waals surface area (Å²) < 4.78 is 43.4. The van der Waals surface area contributed by atoms with Crippen LogP contribution < -0.4 is 4.74 Å². The average molecular weight is 392 g/mol. The molecule has 1 aromatic heterocycles. The maximum absolute atomic E-state index is 12.6. The molecule has 0 fully saturated rings. The lowest BCUT2D eigenvalue weighted by Crippen LogP contribution is -2.38. The standard InChI is InChI=1S/C22H27F3N2O/c1-4-5-17-13-16(6-9-22(23,24)25)8-11-27(17)14-19-18-7-10-26-21(18)15(2)12-20(19)28-3/h4,7-8,10,12,17,26H,1,5-6,9,11,13-14H2,2-3H3/t17-/m1/s1. The molecular formula is C22H27F3N2O. The first-order chi connectivity index (χ1) is 13.3. The van der Waals surface area contributed by atoms with E-state index in [0.717, 1.165) is 39.8 Å². The Morgan fingerprint density at radius 1 is 1.39 bits per heavy atom. The maximum atomic E-state index is 12.6. The molecular weight excluding hydrogens is 365 g/mol. The minimum Gasteiger partial charge on any atom is -0.496 e. The average Bonchev–Trinajstić information content (AvgIpc) is 3.13. The summed E-state index contributed by atoms with van der Waals surface area (Å²) >= 11 is 0. The number of hydrogen-bond acceptors (Lipinski definition) is 2. The van der Waals surface area contributed by atoms with Gasteiger partial charge in [-0.3, -0.25) is 4.90 Å². The summed E-state index contributed by atoms with van der Waals surface area (Å²) in [5.41, 5.74) is 4.21. The fourth-order valence-corrected chi connectivity index (χ4v) is 4.02. The highest BCUT2D eigenvalue weighted by Gasteiger charge is 2.29. The number of aromatic nitrogens is 1. The smallest absolute Gasteiger partial charge is 0.389 e. The van der Waals surface area contributed by atoms with E-state index < -0.39 is 12.6 Å². The number of aromatic amines is 1. The Kier molecular flexibility index (Phi) is 6.18. The van der Waals surface area contributed by atoms with E-state index in [1.54, 1.807) is 7.11 Å². The van der Waals surface area contributed by atoms with Crippen LogP contribution in [0.15, 0.2) is 42.6 Å². The third kappa shape index (κ3) is 4.61. The SMILES string of the molecule is C=CC[C@@H]1CC(CCC(F)(F)F)=CCN1Cc1c(OC)cc(C)c2[nH]ccc12. The quantitative estimate of drug-likeness (QED) is 0.594. The van der Waals surface area contributed by atoms with Crippen LogP contribution in [0.25, 0.3) is 10.9 Å². The lowest BCUT2D eigenvalue weighted by Gasteiger charge is -2.35. The van der Waals surface area contributed by atoms with Crippen LogP contribution >= 0.6 is 0 Å². The number of alkyl halides is 3. The molecule has 2 heterocycles. The van der Waals surface area contributed by atoms with Crippen LogP contribution in [0.5, 0.6) is 5.75 Å². The lowest BCUT2D eigenvalue weighted by atomic mass is 9.93. The Bertz CT molecular complexity index is 867. The van der Waals surface area contributed by atoms with Gasteiger partial charge in [0.05, 0.1) is 7.11 Å². The van der Waals surface area contributed by atoms with Crippen LogP contribution in [0, 0.1) is 6.92 Å². The van der Waals surface area contributed by atoms with E-state index in [4.69, 9.17) is 4.74 Å². The minimum absolute atomic E-state index is 0.0842. The first-order valence-corrected chi connectivity index (χ1v) is 9.55. The summed E-state index contributed by atoms with van der Waals surface area (Å²) in [6.45, 7) is 7.20. The molecule has 0 saturated heterocycles. The van der Waals surface area contributed by atoms with Gasteiger partial charge < -0.3 is 9.72 Å². The van der Waals surface area contributed by atoms with E-state index >= 15 is 0 Å². The number of halogens is 3. The molecule has 0 bridgehead atoms. The summed E-state index contributed by atoms with van der Waals surface area (Å²) in [7, 11) is 1.67. The number of ether oxygens (including phenoxy) is 1. The summed E-state index contributed by atoms with van der Waals surface area (Å²) in [4.78, 5) is 5.59. The first kappa shape index (κ1) is 20.5. The van der Waals surface area contributed by atoms with Gasteiger partial charge in [-0.15, -0.1) is 6.58 Å². The normalized spacial score (nSPS) is 18.3. The van der Waals surface area contributed by atoms with Gasteiger partial charge in [0.15, 0.2) is 0 Å². The lowest BCUT2D eigenvalue weighted by molar-refractivity contribution is -0.134. The maximum Gasteiger partial charge on any atom is 0.389 e. The van der Waals surface area contributed by atoms with Crippen molar-refractivity contribution in [3.63, 3.8) is 0 Å². The second-order valence-corrected chi connectivity index (χ2v) is 7.43. The van der Waals surface area contributed by atoms with Crippen molar-refractivity contribution in [2.45, 2.75) is 51.4 Å². The van der Waals surface area contributed by atoms with E-state index in [1.165, 1.54) is 0 Å². The zero-order valence-corrected chi connectivity index (χ0v) is 16.4. The van der Waals surface area contributed by atoms with Gasteiger partial charge in [0.25, 0.3) is 0 Å². The molecule has 0 unspecified atom stereocenters. The number of nitrogens with zero attached hydrogens (tertiary/aromatic N) is 1. The van der Waals surface area contributed by atoms with E-state index in [9.17, 15) is 13.2 Å². The van der Waals surface area contributed by atoms with Crippen LogP contribution in [-0.4, -0.2) is 35.8 Å². The predicted molar refractivity (Wildman–Crippen MR) is 107 cm³/mol. The van der Waals surface area contributed by atoms with Gasteiger partial charge in [0.2, 0.25) is 0 Å². The number of benzene rings is 1. The molecule has 1 aromatic carbocycles. The highest BCUT2D eigenvalue weighted by molar-refractivity contribution is 5.88. The van der Waals surface area contributed by atoms with Crippen LogP contribution in [0.4, 0.5) is 13.2 Å². The third-order valence-electron chi connectivity index (χ3n) is 5.49. The molecule has 0 saturated carbocycles. The number of rotatable bonds is 7. The van der Waals surface area contributed by atoms with Crippen molar-refractivity contribution in [3.8, 4) is 5.75 Å². The first-order valence-electron chi connectivity index (χ1n) is 9.55. The largest absolute Gasteiger partial charge is 0.496 e. The van der Waals surface area contributed by atoms with Crippen molar-refractivity contribution in [1.29, 1.82) is 0 Å². The Labute approximate surface area is 163 Å². The fourth-order valence-electron chi connectivity index (χ4n) is 4.02. The fraction of sp³-hybridized carbons (Fsp3) is 0.455. The van der Waals surface area contributed by atoms with Crippen LogP contribution in [0.2, 0.25) is 0 Å². The van der Waals surface area contributed by atoms with Crippen molar-refractivity contribution < 1.29 is 17.9 Å².